The average Bonchev–Trinajstić information content (AvgIpc) is 2.87. The monoisotopic (exact) mass is 442 g/mol. The zero-order chi connectivity index (χ0) is 23.6. The predicted molar refractivity (Wildman–Crippen MR) is 123 cm³/mol. The van der Waals surface area contributed by atoms with E-state index in [0.717, 1.165) is 34.4 Å². The van der Waals surface area contributed by atoms with E-state index >= 15 is 0 Å². The summed E-state index contributed by atoms with van der Waals surface area (Å²) in [7, 11) is 0. The molecular weight excluding hydrogens is 420 g/mol. The minimum absolute atomic E-state index is 0.113. The summed E-state index contributed by atoms with van der Waals surface area (Å²) in [5, 5.41) is 0. The Morgan fingerprint density at radius 2 is 1.06 bits per heavy atom. The molecule has 0 N–H and O–H groups in total. The van der Waals surface area contributed by atoms with Crippen molar-refractivity contribution >= 4 is 17.9 Å². The van der Waals surface area contributed by atoms with E-state index in [1.165, 1.54) is 0 Å². The molecule has 0 aromatic heterocycles. The van der Waals surface area contributed by atoms with Gasteiger partial charge >= 0.3 is 17.9 Å². The highest BCUT2D eigenvalue weighted by Crippen LogP contribution is 2.22. The quantitative estimate of drug-likeness (QED) is 0.263. The average molecular weight is 442 g/mol. The molecule has 6 heteroatoms. The van der Waals surface area contributed by atoms with Crippen molar-refractivity contribution in [1.29, 1.82) is 0 Å². The zero-order valence-corrected chi connectivity index (χ0v) is 17.9. The van der Waals surface area contributed by atoms with Gasteiger partial charge in [-0.2, -0.15) is 0 Å². The molecule has 0 atom stereocenters. The molecule has 0 spiro atoms. The van der Waals surface area contributed by atoms with E-state index in [0.29, 0.717) is 11.3 Å². The summed E-state index contributed by atoms with van der Waals surface area (Å²) in [6, 6.07) is 21.3. The lowest BCUT2D eigenvalue weighted by Gasteiger charge is -2.08. The highest BCUT2D eigenvalue weighted by atomic mass is 16.5. The van der Waals surface area contributed by atoms with Gasteiger partial charge in [0, 0.05) is 12.2 Å². The molecule has 0 aliphatic heterocycles. The third-order valence-electron chi connectivity index (χ3n) is 4.64. The fourth-order valence-electron chi connectivity index (χ4n) is 2.84. The summed E-state index contributed by atoms with van der Waals surface area (Å²) in [5.41, 5.74) is 3.93. The fourth-order valence-corrected chi connectivity index (χ4v) is 2.84. The molecule has 0 aliphatic carbocycles. The van der Waals surface area contributed by atoms with Crippen molar-refractivity contribution < 1.29 is 28.6 Å². The van der Waals surface area contributed by atoms with Crippen molar-refractivity contribution in [2.75, 3.05) is 0 Å². The third kappa shape index (κ3) is 6.77. The fraction of sp³-hybridized carbons (Fsp3) is 0.0741. The van der Waals surface area contributed by atoms with Gasteiger partial charge in [-0.15, -0.1) is 0 Å². The van der Waals surface area contributed by atoms with Crippen molar-refractivity contribution in [3.8, 4) is 16.9 Å². The minimum atomic E-state index is -0.501. The first-order valence-electron chi connectivity index (χ1n) is 10.1. The van der Waals surface area contributed by atoms with Crippen LogP contribution in [0.15, 0.2) is 98.1 Å². The van der Waals surface area contributed by atoms with Crippen LogP contribution in [-0.4, -0.2) is 17.9 Å². The summed E-state index contributed by atoms with van der Waals surface area (Å²) in [4.78, 5) is 34.7. The van der Waals surface area contributed by atoms with Crippen LogP contribution in [0.3, 0.4) is 0 Å². The lowest BCUT2D eigenvalue weighted by Crippen LogP contribution is -2.08. The molecule has 0 unspecified atom stereocenters. The first-order valence-corrected chi connectivity index (χ1v) is 10.1. The lowest BCUT2D eigenvalue weighted by atomic mass is 10.0. The molecule has 0 heterocycles. The smallest absolute Gasteiger partial charge is 0.343 e. The Kier molecular flexibility index (Phi) is 7.91. The number of hydrogen-bond acceptors (Lipinski definition) is 6. The maximum atomic E-state index is 12.4. The summed E-state index contributed by atoms with van der Waals surface area (Å²) in [6.07, 6.45) is 2.22. The van der Waals surface area contributed by atoms with Crippen LogP contribution < -0.4 is 4.74 Å². The first-order chi connectivity index (χ1) is 16.0. The van der Waals surface area contributed by atoms with Gasteiger partial charge in [-0.3, -0.25) is 0 Å². The van der Waals surface area contributed by atoms with Crippen LogP contribution in [-0.2, 0) is 32.3 Å². The van der Waals surface area contributed by atoms with Crippen LogP contribution in [0.4, 0.5) is 0 Å². The Labute approximate surface area is 191 Å². The summed E-state index contributed by atoms with van der Waals surface area (Å²) in [6.45, 7) is 6.99. The number of benzene rings is 3. The van der Waals surface area contributed by atoms with E-state index in [1.54, 1.807) is 36.4 Å². The number of carbonyl (C=O) groups is 3. The molecule has 0 bridgehead atoms. The van der Waals surface area contributed by atoms with Gasteiger partial charge in [0.05, 0.1) is 5.56 Å². The van der Waals surface area contributed by atoms with E-state index in [1.807, 2.05) is 36.4 Å². The Morgan fingerprint density at radius 1 is 0.636 bits per heavy atom. The minimum Gasteiger partial charge on any atom is -0.458 e. The Bertz CT molecular complexity index is 1140. The summed E-state index contributed by atoms with van der Waals surface area (Å²) in [5.74, 6) is -1.06. The number of hydrogen-bond donors (Lipinski definition) is 0. The molecule has 0 aliphatic rings. The maximum Gasteiger partial charge on any atom is 0.343 e. The van der Waals surface area contributed by atoms with Crippen LogP contribution >= 0.6 is 0 Å². The third-order valence-corrected chi connectivity index (χ3v) is 4.64. The Balaban J connectivity index is 1.57. The number of ether oxygens (including phenoxy) is 3. The lowest BCUT2D eigenvalue weighted by molar-refractivity contribution is -0.139. The van der Waals surface area contributed by atoms with Gasteiger partial charge in [0.2, 0.25) is 0 Å². The predicted octanol–water partition coefficient (Wildman–Crippen LogP) is 5.03. The normalized spacial score (nSPS) is 10.1. The second-order valence-electron chi connectivity index (χ2n) is 6.93. The van der Waals surface area contributed by atoms with Gasteiger partial charge in [0.1, 0.15) is 19.0 Å². The molecule has 3 rings (SSSR count). The van der Waals surface area contributed by atoms with Gasteiger partial charge in [0.15, 0.2) is 0 Å². The molecule has 166 valence electrons. The van der Waals surface area contributed by atoms with E-state index in [9.17, 15) is 14.4 Å². The van der Waals surface area contributed by atoms with E-state index < -0.39 is 17.9 Å². The van der Waals surface area contributed by atoms with Crippen LogP contribution in [0, 0.1) is 0 Å². The van der Waals surface area contributed by atoms with Gasteiger partial charge in [-0.1, -0.05) is 61.7 Å². The van der Waals surface area contributed by atoms with Gasteiger partial charge in [-0.05, 0) is 46.5 Å². The zero-order valence-electron chi connectivity index (χ0n) is 17.9. The standard InChI is InChI=1S/C27H22O6/c1-3-25(28)31-17-19-5-9-21(10-6-19)22-11-13-23(14-12-22)27(30)33-24-15-7-20(8-16-24)18-32-26(29)4-2/h3-16H,1-2,17-18H2. The van der Waals surface area contributed by atoms with E-state index in [-0.39, 0.29) is 13.2 Å². The molecule has 0 saturated heterocycles. The van der Waals surface area contributed by atoms with E-state index in [2.05, 4.69) is 13.2 Å². The van der Waals surface area contributed by atoms with Gasteiger partial charge < -0.3 is 14.2 Å². The van der Waals surface area contributed by atoms with E-state index in [4.69, 9.17) is 14.2 Å². The van der Waals surface area contributed by atoms with Gasteiger partial charge in [-0.25, -0.2) is 14.4 Å². The Hall–Kier alpha value is -4.45. The molecule has 33 heavy (non-hydrogen) atoms. The first kappa shape index (κ1) is 23.2. The van der Waals surface area contributed by atoms with Crippen molar-refractivity contribution in [2.45, 2.75) is 13.2 Å². The number of carbonyl (C=O) groups excluding carboxylic acids is 3. The molecule has 6 nitrogen and oxygen atoms in total. The van der Waals surface area contributed by atoms with Crippen molar-refractivity contribution in [2.24, 2.45) is 0 Å². The van der Waals surface area contributed by atoms with Crippen LogP contribution in [0.25, 0.3) is 11.1 Å². The van der Waals surface area contributed by atoms with Crippen LogP contribution in [0.1, 0.15) is 21.5 Å². The van der Waals surface area contributed by atoms with Crippen molar-refractivity contribution in [3.63, 3.8) is 0 Å². The Morgan fingerprint density at radius 3 is 1.52 bits per heavy atom. The van der Waals surface area contributed by atoms with Crippen molar-refractivity contribution in [3.05, 3.63) is 115 Å². The molecule has 0 radical (unpaired) electrons. The molecule has 0 fully saturated rings. The number of rotatable bonds is 9. The second kappa shape index (κ2) is 11.2. The molecule has 0 saturated carbocycles. The van der Waals surface area contributed by atoms with Gasteiger partial charge in [0.25, 0.3) is 0 Å². The maximum absolute atomic E-state index is 12.4. The SMILES string of the molecule is C=CC(=O)OCc1ccc(OC(=O)c2ccc(-c3ccc(COC(=O)C=C)cc3)cc2)cc1. The number of esters is 3. The molecular formula is C27H22O6. The second-order valence-corrected chi connectivity index (χ2v) is 6.93. The molecule has 3 aromatic rings. The van der Waals surface area contributed by atoms with Crippen LogP contribution in [0.2, 0.25) is 0 Å². The molecule has 3 aromatic carbocycles. The topological polar surface area (TPSA) is 78.9 Å². The summed E-state index contributed by atoms with van der Waals surface area (Å²) >= 11 is 0. The highest BCUT2D eigenvalue weighted by molar-refractivity contribution is 5.91. The van der Waals surface area contributed by atoms with Crippen LogP contribution in [0.5, 0.6) is 5.75 Å². The largest absolute Gasteiger partial charge is 0.458 e. The highest BCUT2D eigenvalue weighted by Gasteiger charge is 2.10. The van der Waals surface area contributed by atoms with Crippen molar-refractivity contribution in [1.82, 2.24) is 0 Å². The summed E-state index contributed by atoms with van der Waals surface area (Å²) < 4.78 is 15.4. The molecule has 0 amide bonds.